The number of fused-ring (bicyclic) bond motifs is 1. The van der Waals surface area contributed by atoms with Crippen LogP contribution in [0, 0.1) is 12.8 Å². The molecule has 1 atom stereocenters. The number of rotatable bonds is 11. The summed E-state index contributed by atoms with van der Waals surface area (Å²) in [6.07, 6.45) is 6.03. The summed E-state index contributed by atoms with van der Waals surface area (Å²) >= 11 is 0. The van der Waals surface area contributed by atoms with Gasteiger partial charge in [-0.25, -0.2) is 0 Å². The Morgan fingerprint density at radius 1 is 0.972 bits per heavy atom. The lowest BCUT2D eigenvalue weighted by atomic mass is 9.98. The van der Waals surface area contributed by atoms with E-state index < -0.39 is 6.61 Å². The van der Waals surface area contributed by atoms with Crippen molar-refractivity contribution < 1.29 is 17.9 Å². The largest absolute Gasteiger partial charge is 0.435 e. The lowest BCUT2D eigenvalue weighted by Gasteiger charge is -2.14. The molecule has 4 aromatic rings. The molecule has 0 spiro atoms. The molecule has 0 N–H and O–H groups in total. The molecule has 0 saturated heterocycles. The molecular weight excluding hydrogens is 461 g/mol. The third-order valence-electron chi connectivity index (χ3n) is 6.77. The third-order valence-corrected chi connectivity index (χ3v) is 6.77. The number of pyridine rings is 1. The zero-order valence-electron chi connectivity index (χ0n) is 21.1. The quantitative estimate of drug-likeness (QED) is 0.209. The molecule has 3 nitrogen and oxygen atoms in total. The first-order chi connectivity index (χ1) is 17.4. The van der Waals surface area contributed by atoms with E-state index in [-0.39, 0.29) is 18.3 Å². The number of nitrogens with zero attached hydrogens (tertiary/aromatic N) is 2. The van der Waals surface area contributed by atoms with Gasteiger partial charge in [0.25, 0.3) is 0 Å². The van der Waals surface area contributed by atoms with Gasteiger partial charge in [-0.05, 0) is 73.6 Å². The molecule has 190 valence electrons. The van der Waals surface area contributed by atoms with Crippen LogP contribution in [0.15, 0.2) is 60.8 Å². The van der Waals surface area contributed by atoms with E-state index >= 15 is 0 Å². The molecule has 2 aromatic carbocycles. The Kier molecular flexibility index (Phi) is 8.34. The van der Waals surface area contributed by atoms with Crippen LogP contribution in [0.25, 0.3) is 28.0 Å². The number of benzene rings is 2. The highest BCUT2D eigenvalue weighted by molar-refractivity contribution is 5.94. The molecule has 0 amide bonds. The predicted molar refractivity (Wildman–Crippen MR) is 140 cm³/mol. The van der Waals surface area contributed by atoms with Gasteiger partial charge < -0.3 is 9.30 Å². The molecule has 0 radical (unpaired) electrons. The van der Waals surface area contributed by atoms with E-state index in [4.69, 9.17) is 9.72 Å². The fourth-order valence-corrected chi connectivity index (χ4v) is 4.72. The molecule has 0 fully saturated rings. The van der Waals surface area contributed by atoms with Gasteiger partial charge in [-0.15, -0.1) is 0 Å². The van der Waals surface area contributed by atoms with Crippen molar-refractivity contribution in [1.29, 1.82) is 0 Å². The van der Waals surface area contributed by atoms with Crippen molar-refractivity contribution in [2.24, 2.45) is 5.92 Å². The average molecular weight is 495 g/mol. The van der Waals surface area contributed by atoms with Gasteiger partial charge in [-0.1, -0.05) is 50.5 Å². The zero-order chi connectivity index (χ0) is 25.7. The van der Waals surface area contributed by atoms with Gasteiger partial charge in [0.2, 0.25) is 0 Å². The highest BCUT2D eigenvalue weighted by Gasteiger charge is 2.21. The average Bonchev–Trinajstić information content (AvgIpc) is 3.18. The van der Waals surface area contributed by atoms with Gasteiger partial charge in [0.1, 0.15) is 5.75 Å². The van der Waals surface area contributed by atoms with Crippen LogP contribution in [-0.4, -0.2) is 22.8 Å². The van der Waals surface area contributed by atoms with Crippen LogP contribution < -0.4 is 4.74 Å². The molecular formula is C30H33F3N2O. The Morgan fingerprint density at radius 2 is 1.75 bits per heavy atom. The fourth-order valence-electron chi connectivity index (χ4n) is 4.72. The summed E-state index contributed by atoms with van der Waals surface area (Å²) in [5.74, 6) is 0.203. The maximum absolute atomic E-state index is 13.1. The Balaban J connectivity index is 1.86. The minimum absolute atomic E-state index is 0.0783. The van der Waals surface area contributed by atoms with Gasteiger partial charge in [0.05, 0.1) is 23.6 Å². The Hall–Kier alpha value is -3.28. The fraction of sp³-hybridized carbons (Fsp3) is 0.367. The molecule has 6 heteroatoms. The minimum atomic E-state index is -2.89. The van der Waals surface area contributed by atoms with Gasteiger partial charge in [0.15, 0.2) is 0 Å². The number of halogens is 3. The number of ether oxygens (including phenoxy) is 1. The summed E-state index contributed by atoms with van der Waals surface area (Å²) in [6, 6.07) is 17.4. The highest BCUT2D eigenvalue weighted by atomic mass is 19.3. The molecule has 36 heavy (non-hydrogen) atoms. The number of aromatic nitrogens is 2. The Morgan fingerprint density at radius 3 is 2.36 bits per heavy atom. The highest BCUT2D eigenvalue weighted by Crippen LogP contribution is 2.38. The predicted octanol–water partition coefficient (Wildman–Crippen LogP) is 8.48. The SMILES string of the molecule is CCCc1c(-c2ccc(CCC(CC)CF)cn2)n(-c2ccc(C)cc2)c2cc(OC(F)F)ccc12. The summed E-state index contributed by atoms with van der Waals surface area (Å²) < 4.78 is 45.9. The molecule has 0 aliphatic heterocycles. The smallest absolute Gasteiger partial charge is 0.387 e. The molecule has 0 aliphatic carbocycles. The van der Waals surface area contributed by atoms with E-state index in [9.17, 15) is 13.2 Å². The van der Waals surface area contributed by atoms with E-state index in [1.165, 1.54) is 0 Å². The summed E-state index contributed by atoms with van der Waals surface area (Å²) in [4.78, 5) is 4.83. The van der Waals surface area contributed by atoms with Crippen molar-refractivity contribution in [3.05, 3.63) is 77.5 Å². The molecule has 2 aromatic heterocycles. The standard InChI is InChI=1S/C30H33F3N2O/c1-4-6-26-25-15-14-24(36-30(32)33)17-28(25)35(23-12-7-20(3)8-13-23)29(26)27-16-11-22(19-34-27)10-9-21(5-2)18-31/h7-8,11-17,19,21,30H,4-6,9-10,18H2,1-3H3. The molecule has 0 aliphatic rings. The van der Waals surface area contributed by atoms with Crippen LogP contribution in [-0.2, 0) is 12.8 Å². The molecule has 0 saturated carbocycles. The van der Waals surface area contributed by atoms with E-state index in [2.05, 4.69) is 17.6 Å². The normalized spacial score (nSPS) is 12.4. The monoisotopic (exact) mass is 494 g/mol. The van der Waals surface area contributed by atoms with Crippen molar-refractivity contribution >= 4 is 10.9 Å². The van der Waals surface area contributed by atoms with Crippen LogP contribution in [0.5, 0.6) is 5.75 Å². The van der Waals surface area contributed by atoms with Crippen molar-refractivity contribution in [3.8, 4) is 22.8 Å². The summed E-state index contributed by atoms with van der Waals surface area (Å²) in [6.45, 7) is 2.98. The second kappa shape index (κ2) is 11.6. The van der Waals surface area contributed by atoms with Gasteiger partial charge in [0, 0.05) is 23.3 Å². The van der Waals surface area contributed by atoms with Gasteiger partial charge in [-0.3, -0.25) is 9.37 Å². The zero-order valence-corrected chi connectivity index (χ0v) is 21.1. The molecule has 1 unspecified atom stereocenters. The molecule has 4 rings (SSSR count). The van der Waals surface area contributed by atoms with E-state index in [0.29, 0.717) is 0 Å². The number of aryl methyl sites for hydroxylation is 3. The maximum atomic E-state index is 13.1. The summed E-state index contributed by atoms with van der Waals surface area (Å²) in [5, 5.41) is 0.994. The number of hydrogen-bond acceptors (Lipinski definition) is 2. The number of hydrogen-bond donors (Lipinski definition) is 0. The van der Waals surface area contributed by atoms with Crippen molar-refractivity contribution in [1.82, 2.24) is 9.55 Å². The summed E-state index contributed by atoms with van der Waals surface area (Å²) in [7, 11) is 0. The van der Waals surface area contributed by atoms with E-state index in [1.54, 1.807) is 12.1 Å². The first-order valence-corrected chi connectivity index (χ1v) is 12.7. The van der Waals surface area contributed by atoms with Crippen LogP contribution in [0.1, 0.15) is 49.8 Å². The van der Waals surface area contributed by atoms with Crippen molar-refractivity contribution in [2.45, 2.75) is 59.5 Å². The van der Waals surface area contributed by atoms with Crippen LogP contribution in [0.3, 0.4) is 0 Å². The van der Waals surface area contributed by atoms with Crippen LogP contribution in [0.4, 0.5) is 13.2 Å². The first-order valence-electron chi connectivity index (χ1n) is 12.7. The molecule has 2 heterocycles. The third kappa shape index (κ3) is 5.58. The Bertz CT molecular complexity index is 1280. The second-order valence-electron chi connectivity index (χ2n) is 9.32. The van der Waals surface area contributed by atoms with Gasteiger partial charge >= 0.3 is 6.61 Å². The minimum Gasteiger partial charge on any atom is -0.435 e. The second-order valence-corrected chi connectivity index (χ2v) is 9.32. The lowest BCUT2D eigenvalue weighted by molar-refractivity contribution is -0.0497. The first kappa shape index (κ1) is 25.8. The van der Waals surface area contributed by atoms with Crippen LogP contribution in [0.2, 0.25) is 0 Å². The summed E-state index contributed by atoms with van der Waals surface area (Å²) in [5.41, 5.74) is 6.83. The van der Waals surface area contributed by atoms with Crippen molar-refractivity contribution in [2.75, 3.05) is 6.67 Å². The van der Waals surface area contributed by atoms with Gasteiger partial charge in [-0.2, -0.15) is 8.78 Å². The molecule has 0 bridgehead atoms. The van der Waals surface area contributed by atoms with Crippen molar-refractivity contribution in [3.63, 3.8) is 0 Å². The maximum Gasteiger partial charge on any atom is 0.387 e. The Labute approximate surface area is 210 Å². The topological polar surface area (TPSA) is 27.1 Å². The van der Waals surface area contributed by atoms with E-state index in [1.807, 2.05) is 56.4 Å². The van der Waals surface area contributed by atoms with E-state index in [0.717, 1.165) is 76.8 Å². The van der Waals surface area contributed by atoms with Crippen LogP contribution >= 0.6 is 0 Å². The number of alkyl halides is 3. The lowest BCUT2D eigenvalue weighted by Crippen LogP contribution is -2.04.